The van der Waals surface area contributed by atoms with E-state index in [2.05, 4.69) is 47.7 Å². The first kappa shape index (κ1) is 20.1. The number of carbonyl (C=O) groups excluding carboxylic acids is 1. The second-order valence-electron chi connectivity index (χ2n) is 7.08. The minimum atomic E-state index is -0.352. The Morgan fingerprint density at radius 2 is 1.82 bits per heavy atom. The lowest BCUT2D eigenvalue weighted by Crippen LogP contribution is -2.23. The quantitative estimate of drug-likeness (QED) is 0.621. The van der Waals surface area contributed by atoms with Crippen LogP contribution in [-0.4, -0.2) is 31.4 Å². The van der Waals surface area contributed by atoms with Crippen LogP contribution >= 0.6 is 11.8 Å². The van der Waals surface area contributed by atoms with Crippen molar-refractivity contribution in [2.45, 2.75) is 50.9 Å². The summed E-state index contributed by atoms with van der Waals surface area (Å²) in [6, 6.07) is 13.9. The van der Waals surface area contributed by atoms with Crippen LogP contribution in [0.1, 0.15) is 43.4 Å². The summed E-state index contributed by atoms with van der Waals surface area (Å²) < 4.78 is 1.69. The maximum Gasteiger partial charge on any atom is 0.237 e. The minimum Gasteiger partial charge on any atom is -0.325 e. The smallest absolute Gasteiger partial charge is 0.237 e. The maximum atomic E-state index is 12.8. The molecule has 6 nitrogen and oxygen atoms in total. The molecule has 7 heteroatoms. The number of hydrogen-bond acceptors (Lipinski definition) is 5. The lowest BCUT2D eigenvalue weighted by Gasteiger charge is -2.16. The number of nitrogens with one attached hydrogen (secondary N) is 1. The average Bonchev–Trinajstić information content (AvgIpc) is 3.12. The second-order valence-corrected chi connectivity index (χ2v) is 8.39. The lowest BCUT2D eigenvalue weighted by atomic mass is 10.0. The molecule has 0 bridgehead atoms. The van der Waals surface area contributed by atoms with Crippen LogP contribution in [-0.2, 0) is 4.79 Å². The first-order valence-electron chi connectivity index (χ1n) is 9.30. The number of rotatable bonds is 6. The van der Waals surface area contributed by atoms with Gasteiger partial charge < -0.3 is 5.32 Å². The highest BCUT2D eigenvalue weighted by atomic mass is 32.2. The third kappa shape index (κ3) is 4.25. The van der Waals surface area contributed by atoms with E-state index in [4.69, 9.17) is 0 Å². The zero-order valence-corrected chi connectivity index (χ0v) is 17.6. The number of aromatic nitrogens is 4. The van der Waals surface area contributed by atoms with Crippen molar-refractivity contribution in [1.82, 2.24) is 20.2 Å². The molecule has 1 unspecified atom stereocenters. The van der Waals surface area contributed by atoms with Crippen molar-refractivity contribution < 1.29 is 4.79 Å². The van der Waals surface area contributed by atoms with Crippen LogP contribution in [0.4, 0.5) is 5.69 Å². The summed E-state index contributed by atoms with van der Waals surface area (Å²) in [5.41, 5.74) is 5.17. The van der Waals surface area contributed by atoms with Gasteiger partial charge in [0.15, 0.2) is 0 Å². The molecule has 28 heavy (non-hydrogen) atoms. The molecule has 0 saturated heterocycles. The first-order chi connectivity index (χ1) is 13.4. The van der Waals surface area contributed by atoms with Crippen molar-refractivity contribution in [3.05, 3.63) is 59.2 Å². The number of tetrazole rings is 1. The topological polar surface area (TPSA) is 72.7 Å². The fourth-order valence-corrected chi connectivity index (χ4v) is 3.73. The summed E-state index contributed by atoms with van der Waals surface area (Å²) in [4.78, 5) is 12.8. The maximum absolute atomic E-state index is 12.8. The molecule has 0 saturated carbocycles. The van der Waals surface area contributed by atoms with Gasteiger partial charge in [-0.15, -0.1) is 5.10 Å². The number of carbonyl (C=O) groups is 1. The molecule has 0 radical (unpaired) electrons. The molecule has 0 aliphatic carbocycles. The standard InChI is InChI=1S/C21H25N5OS/c1-13(2)17-10-6-7-11-18(17)22-20(27)16(5)28-21-23-24-25-26(21)19-12-8-9-14(3)15(19)4/h6-13,16H,1-5H3,(H,22,27). The highest BCUT2D eigenvalue weighted by molar-refractivity contribution is 8.00. The van der Waals surface area contributed by atoms with Crippen molar-refractivity contribution in [3.8, 4) is 5.69 Å². The summed E-state index contributed by atoms with van der Waals surface area (Å²) in [6.45, 7) is 10.2. The van der Waals surface area contributed by atoms with Gasteiger partial charge in [0.05, 0.1) is 10.9 Å². The van der Waals surface area contributed by atoms with Crippen LogP contribution in [0.5, 0.6) is 0 Å². The molecule has 0 aliphatic rings. The molecular formula is C21H25N5OS. The van der Waals surface area contributed by atoms with E-state index in [0.29, 0.717) is 11.1 Å². The molecule has 2 aromatic carbocycles. The van der Waals surface area contributed by atoms with Gasteiger partial charge in [0.25, 0.3) is 0 Å². The van der Waals surface area contributed by atoms with Crippen LogP contribution in [0, 0.1) is 13.8 Å². The summed E-state index contributed by atoms with van der Waals surface area (Å²) in [5.74, 6) is 0.254. The lowest BCUT2D eigenvalue weighted by molar-refractivity contribution is -0.115. The van der Waals surface area contributed by atoms with Gasteiger partial charge in [-0.25, -0.2) is 0 Å². The Morgan fingerprint density at radius 1 is 1.07 bits per heavy atom. The van der Waals surface area contributed by atoms with Gasteiger partial charge >= 0.3 is 0 Å². The molecule has 1 N–H and O–H groups in total. The fourth-order valence-electron chi connectivity index (χ4n) is 2.93. The third-order valence-corrected chi connectivity index (χ3v) is 5.77. The molecule has 0 aliphatic heterocycles. The second kappa shape index (κ2) is 8.56. The van der Waals surface area contributed by atoms with Gasteiger partial charge in [0, 0.05) is 5.69 Å². The zero-order chi connectivity index (χ0) is 20.3. The Morgan fingerprint density at radius 3 is 2.57 bits per heavy atom. The number of anilines is 1. The summed E-state index contributed by atoms with van der Waals surface area (Å²) in [5, 5.41) is 15.3. The number of thioether (sulfide) groups is 1. The predicted octanol–water partition coefficient (Wildman–Crippen LogP) is 4.52. The average molecular weight is 396 g/mol. The van der Waals surface area contributed by atoms with Gasteiger partial charge in [-0.05, 0) is 65.9 Å². The van der Waals surface area contributed by atoms with Crippen molar-refractivity contribution in [3.63, 3.8) is 0 Å². The normalized spacial score (nSPS) is 12.2. The van der Waals surface area contributed by atoms with Gasteiger partial charge in [0.2, 0.25) is 11.1 Å². The first-order valence-corrected chi connectivity index (χ1v) is 10.2. The van der Waals surface area contributed by atoms with Gasteiger partial charge in [-0.1, -0.05) is 55.9 Å². The molecule has 3 aromatic rings. The van der Waals surface area contributed by atoms with Crippen LogP contribution in [0.3, 0.4) is 0 Å². The minimum absolute atomic E-state index is 0.0754. The van der Waals surface area contributed by atoms with E-state index in [1.54, 1.807) is 4.68 Å². The van der Waals surface area contributed by atoms with Gasteiger partial charge in [-0.3, -0.25) is 4.79 Å². The SMILES string of the molecule is Cc1cccc(-n2nnnc2SC(C)C(=O)Nc2ccccc2C(C)C)c1C. The van der Waals surface area contributed by atoms with Crippen molar-refractivity contribution in [2.75, 3.05) is 5.32 Å². The molecule has 0 spiro atoms. The van der Waals surface area contributed by atoms with E-state index in [1.165, 1.54) is 17.3 Å². The largest absolute Gasteiger partial charge is 0.325 e. The van der Waals surface area contributed by atoms with Crippen LogP contribution < -0.4 is 5.32 Å². The van der Waals surface area contributed by atoms with Gasteiger partial charge in [0.1, 0.15) is 0 Å². The van der Waals surface area contributed by atoms with Crippen molar-refractivity contribution >= 4 is 23.4 Å². The highest BCUT2D eigenvalue weighted by Crippen LogP contribution is 2.28. The Kier molecular flexibility index (Phi) is 6.14. The summed E-state index contributed by atoms with van der Waals surface area (Å²) in [6.07, 6.45) is 0. The Hall–Kier alpha value is -2.67. The van der Waals surface area contributed by atoms with Crippen LogP contribution in [0.25, 0.3) is 5.69 Å². The number of para-hydroxylation sites is 1. The van der Waals surface area contributed by atoms with Crippen LogP contribution in [0.15, 0.2) is 47.6 Å². The number of benzene rings is 2. The molecule has 0 fully saturated rings. The highest BCUT2D eigenvalue weighted by Gasteiger charge is 2.21. The zero-order valence-electron chi connectivity index (χ0n) is 16.8. The molecule has 146 valence electrons. The Bertz CT molecular complexity index is 982. The molecule has 1 heterocycles. The van der Waals surface area contributed by atoms with E-state index < -0.39 is 0 Å². The van der Waals surface area contributed by atoms with E-state index >= 15 is 0 Å². The number of hydrogen-bond donors (Lipinski definition) is 1. The molecular weight excluding hydrogens is 370 g/mol. The molecule has 1 aromatic heterocycles. The van der Waals surface area contributed by atoms with E-state index in [0.717, 1.165) is 22.5 Å². The Balaban J connectivity index is 1.78. The monoisotopic (exact) mass is 395 g/mol. The van der Waals surface area contributed by atoms with E-state index in [9.17, 15) is 4.79 Å². The van der Waals surface area contributed by atoms with E-state index in [1.807, 2.05) is 50.2 Å². The van der Waals surface area contributed by atoms with Crippen molar-refractivity contribution in [2.24, 2.45) is 0 Å². The third-order valence-electron chi connectivity index (χ3n) is 4.74. The summed E-state index contributed by atoms with van der Waals surface area (Å²) in [7, 11) is 0. The van der Waals surface area contributed by atoms with Crippen molar-refractivity contribution in [1.29, 1.82) is 0 Å². The molecule has 3 rings (SSSR count). The number of nitrogens with zero attached hydrogens (tertiary/aromatic N) is 4. The molecule has 1 atom stereocenters. The number of aryl methyl sites for hydroxylation is 1. The van der Waals surface area contributed by atoms with E-state index in [-0.39, 0.29) is 11.2 Å². The van der Waals surface area contributed by atoms with Crippen LogP contribution in [0.2, 0.25) is 0 Å². The fraction of sp³-hybridized carbons (Fsp3) is 0.333. The Labute approximate surface area is 169 Å². The number of amides is 1. The summed E-state index contributed by atoms with van der Waals surface area (Å²) >= 11 is 1.34. The predicted molar refractivity (Wildman–Crippen MR) is 113 cm³/mol. The van der Waals surface area contributed by atoms with Gasteiger partial charge in [-0.2, -0.15) is 4.68 Å². The molecule has 1 amide bonds.